The molecule has 0 aliphatic rings. The van der Waals surface area contributed by atoms with E-state index in [1.165, 1.54) is 18.5 Å². The minimum atomic E-state index is -0.471. The third kappa shape index (κ3) is 2.57. The fourth-order valence-electron chi connectivity index (χ4n) is 1.35. The van der Waals surface area contributed by atoms with Gasteiger partial charge in [-0.3, -0.25) is 10.1 Å². The summed E-state index contributed by atoms with van der Waals surface area (Å²) in [6.07, 6.45) is 2.70. The van der Waals surface area contributed by atoms with Crippen LogP contribution in [-0.2, 0) is 6.54 Å². The van der Waals surface area contributed by atoms with Crippen LogP contribution in [0.5, 0.6) is 0 Å². The predicted molar refractivity (Wildman–Crippen MR) is 59.5 cm³/mol. The van der Waals surface area contributed by atoms with Gasteiger partial charge in [-0.25, -0.2) is 4.98 Å². The van der Waals surface area contributed by atoms with Crippen molar-refractivity contribution in [3.8, 4) is 0 Å². The maximum Gasteiger partial charge on any atom is 0.287 e. The Hall–Kier alpha value is -2.44. The summed E-state index contributed by atoms with van der Waals surface area (Å²) < 4.78 is 4.68. The van der Waals surface area contributed by atoms with Crippen molar-refractivity contribution in [2.45, 2.75) is 13.5 Å². The predicted octanol–water partition coefficient (Wildman–Crippen LogP) is 1.90. The first-order chi connectivity index (χ1) is 8.16. The number of hydrogen-bond acceptors (Lipinski definition) is 6. The van der Waals surface area contributed by atoms with Crippen molar-refractivity contribution in [2.75, 3.05) is 5.32 Å². The Labute approximate surface area is 96.6 Å². The molecule has 0 saturated heterocycles. The maximum absolute atomic E-state index is 10.5. The molecule has 17 heavy (non-hydrogen) atoms. The van der Waals surface area contributed by atoms with E-state index in [2.05, 4.69) is 20.0 Å². The summed E-state index contributed by atoms with van der Waals surface area (Å²) in [6, 6.07) is 3.20. The molecule has 0 atom stereocenters. The summed E-state index contributed by atoms with van der Waals surface area (Å²) in [5.41, 5.74) is 1.43. The second-order valence-corrected chi connectivity index (χ2v) is 3.46. The lowest BCUT2D eigenvalue weighted by molar-refractivity contribution is -0.385. The average Bonchev–Trinajstić information content (AvgIpc) is 2.80. The van der Waals surface area contributed by atoms with E-state index in [0.29, 0.717) is 17.9 Å². The minimum absolute atomic E-state index is 0.0190. The van der Waals surface area contributed by atoms with Gasteiger partial charge in [-0.15, -0.1) is 0 Å². The van der Waals surface area contributed by atoms with Gasteiger partial charge in [0.15, 0.2) is 0 Å². The van der Waals surface area contributed by atoms with Crippen molar-refractivity contribution in [1.82, 2.24) is 10.1 Å². The molecule has 0 bridgehead atoms. The van der Waals surface area contributed by atoms with Gasteiger partial charge in [-0.1, -0.05) is 5.16 Å². The molecule has 0 aliphatic heterocycles. The maximum atomic E-state index is 10.5. The molecule has 88 valence electrons. The second-order valence-electron chi connectivity index (χ2n) is 3.46. The SMILES string of the molecule is Cc1cc([N+](=O)[O-])cnc1NCc1ccon1. The monoisotopic (exact) mass is 234 g/mol. The summed E-state index contributed by atoms with van der Waals surface area (Å²) in [7, 11) is 0. The van der Waals surface area contributed by atoms with Crippen molar-refractivity contribution in [3.63, 3.8) is 0 Å². The first kappa shape index (κ1) is 11.1. The van der Waals surface area contributed by atoms with Crippen LogP contribution in [0.15, 0.2) is 29.1 Å². The fraction of sp³-hybridized carbons (Fsp3) is 0.200. The lowest BCUT2D eigenvalue weighted by atomic mass is 10.2. The van der Waals surface area contributed by atoms with Crippen LogP contribution in [0, 0.1) is 17.0 Å². The second kappa shape index (κ2) is 4.60. The van der Waals surface area contributed by atoms with Gasteiger partial charge in [-0.05, 0) is 12.5 Å². The number of aryl methyl sites for hydroxylation is 1. The Morgan fingerprint density at radius 3 is 3.00 bits per heavy atom. The zero-order valence-electron chi connectivity index (χ0n) is 9.08. The number of hydrogen-bond donors (Lipinski definition) is 1. The Bertz CT molecular complexity index is 524. The zero-order valence-corrected chi connectivity index (χ0v) is 9.08. The van der Waals surface area contributed by atoms with Crippen LogP contribution in [0.25, 0.3) is 0 Å². The van der Waals surface area contributed by atoms with Gasteiger partial charge in [0.1, 0.15) is 24.0 Å². The average molecular weight is 234 g/mol. The third-order valence-electron chi connectivity index (χ3n) is 2.20. The molecular formula is C10H10N4O3. The Balaban J connectivity index is 2.09. The van der Waals surface area contributed by atoms with E-state index in [0.717, 1.165) is 5.69 Å². The number of pyridine rings is 1. The lowest BCUT2D eigenvalue weighted by Gasteiger charge is -2.05. The van der Waals surface area contributed by atoms with Crippen LogP contribution in [0.4, 0.5) is 11.5 Å². The van der Waals surface area contributed by atoms with Gasteiger partial charge in [0.2, 0.25) is 0 Å². The van der Waals surface area contributed by atoms with Crippen LogP contribution in [-0.4, -0.2) is 15.1 Å². The van der Waals surface area contributed by atoms with Crippen molar-refractivity contribution in [2.24, 2.45) is 0 Å². The van der Waals surface area contributed by atoms with E-state index in [1.807, 2.05) is 0 Å². The molecule has 0 aliphatic carbocycles. The summed E-state index contributed by atoms with van der Waals surface area (Å²) >= 11 is 0. The Morgan fingerprint density at radius 1 is 1.59 bits per heavy atom. The van der Waals surface area contributed by atoms with E-state index < -0.39 is 4.92 Å². The number of nitrogens with zero attached hydrogens (tertiary/aromatic N) is 3. The van der Waals surface area contributed by atoms with Gasteiger partial charge in [0.05, 0.1) is 11.5 Å². The molecule has 0 fully saturated rings. The zero-order chi connectivity index (χ0) is 12.3. The first-order valence-corrected chi connectivity index (χ1v) is 4.91. The smallest absolute Gasteiger partial charge is 0.287 e. The molecule has 2 rings (SSSR count). The van der Waals surface area contributed by atoms with Crippen molar-refractivity contribution in [1.29, 1.82) is 0 Å². The molecule has 2 heterocycles. The molecule has 0 aromatic carbocycles. The highest BCUT2D eigenvalue weighted by atomic mass is 16.6. The highest BCUT2D eigenvalue weighted by molar-refractivity contribution is 5.48. The van der Waals surface area contributed by atoms with E-state index in [9.17, 15) is 10.1 Å². The summed E-state index contributed by atoms with van der Waals surface area (Å²) in [5, 5.41) is 17.3. The largest absolute Gasteiger partial charge is 0.364 e. The molecule has 2 aromatic heterocycles. The number of anilines is 1. The number of nitrogens with one attached hydrogen (secondary N) is 1. The van der Waals surface area contributed by atoms with E-state index >= 15 is 0 Å². The molecule has 0 spiro atoms. The fourth-order valence-corrected chi connectivity index (χ4v) is 1.35. The van der Waals surface area contributed by atoms with E-state index in [1.54, 1.807) is 13.0 Å². The van der Waals surface area contributed by atoms with Gasteiger partial charge in [-0.2, -0.15) is 0 Å². The highest BCUT2D eigenvalue weighted by Crippen LogP contribution is 2.18. The standard InChI is InChI=1S/C10H10N4O3/c1-7-4-9(14(15)16)6-12-10(7)11-5-8-2-3-17-13-8/h2-4,6H,5H2,1H3,(H,11,12). The molecule has 1 N–H and O–H groups in total. The molecule has 0 radical (unpaired) electrons. The molecule has 7 heteroatoms. The van der Waals surface area contributed by atoms with Crippen LogP contribution >= 0.6 is 0 Å². The lowest BCUT2D eigenvalue weighted by Crippen LogP contribution is -2.04. The Morgan fingerprint density at radius 2 is 2.41 bits per heavy atom. The van der Waals surface area contributed by atoms with Crippen LogP contribution in [0.3, 0.4) is 0 Å². The highest BCUT2D eigenvalue weighted by Gasteiger charge is 2.09. The normalized spacial score (nSPS) is 10.2. The van der Waals surface area contributed by atoms with Gasteiger partial charge in [0, 0.05) is 12.1 Å². The Kier molecular flexibility index (Phi) is 2.99. The summed E-state index contributed by atoms with van der Waals surface area (Å²) in [6.45, 7) is 2.22. The van der Waals surface area contributed by atoms with Crippen molar-refractivity contribution >= 4 is 11.5 Å². The molecule has 0 amide bonds. The van der Waals surface area contributed by atoms with Crippen LogP contribution in [0.1, 0.15) is 11.3 Å². The molecular weight excluding hydrogens is 224 g/mol. The number of nitro groups is 1. The van der Waals surface area contributed by atoms with E-state index in [4.69, 9.17) is 0 Å². The van der Waals surface area contributed by atoms with Gasteiger partial charge in [0.25, 0.3) is 5.69 Å². The summed E-state index contributed by atoms with van der Waals surface area (Å²) in [4.78, 5) is 14.0. The quantitative estimate of drug-likeness (QED) is 0.641. The van der Waals surface area contributed by atoms with Gasteiger partial charge >= 0.3 is 0 Å². The topological polar surface area (TPSA) is 94.1 Å². The molecule has 0 unspecified atom stereocenters. The van der Waals surface area contributed by atoms with Crippen LogP contribution < -0.4 is 5.32 Å². The van der Waals surface area contributed by atoms with Crippen molar-refractivity contribution in [3.05, 3.63) is 46.0 Å². The molecule has 0 saturated carbocycles. The minimum Gasteiger partial charge on any atom is -0.364 e. The van der Waals surface area contributed by atoms with E-state index in [-0.39, 0.29) is 5.69 Å². The third-order valence-corrected chi connectivity index (χ3v) is 2.20. The molecule has 2 aromatic rings. The number of aromatic nitrogens is 2. The van der Waals surface area contributed by atoms with Crippen LogP contribution in [0.2, 0.25) is 0 Å². The van der Waals surface area contributed by atoms with Gasteiger partial charge < -0.3 is 9.84 Å². The first-order valence-electron chi connectivity index (χ1n) is 4.91. The summed E-state index contributed by atoms with van der Waals surface area (Å²) in [5.74, 6) is 0.596. The molecule has 7 nitrogen and oxygen atoms in total. The number of rotatable bonds is 4. The van der Waals surface area contributed by atoms with Crippen molar-refractivity contribution < 1.29 is 9.45 Å².